The van der Waals surface area contributed by atoms with E-state index in [0.29, 0.717) is 18.5 Å². The van der Waals surface area contributed by atoms with Crippen molar-refractivity contribution in [3.8, 4) is 0 Å². The van der Waals surface area contributed by atoms with E-state index >= 15 is 0 Å². The minimum atomic E-state index is 0.0706. The van der Waals surface area contributed by atoms with E-state index in [1.807, 2.05) is 32.0 Å². The van der Waals surface area contributed by atoms with Gasteiger partial charge in [-0.1, -0.05) is 23.7 Å². The monoisotopic (exact) mass is 280 g/mol. The highest BCUT2D eigenvalue weighted by Gasteiger charge is 2.30. The maximum Gasteiger partial charge on any atom is 0.234 e. The molecular weight excluding hydrogens is 260 g/mol. The zero-order valence-corrected chi connectivity index (χ0v) is 12.2. The lowest BCUT2D eigenvalue weighted by molar-refractivity contribution is -0.121. The third kappa shape index (κ3) is 4.22. The van der Waals surface area contributed by atoms with E-state index in [-0.39, 0.29) is 11.9 Å². The first-order chi connectivity index (χ1) is 9.04. The molecule has 0 spiro atoms. The van der Waals surface area contributed by atoms with Crippen molar-refractivity contribution >= 4 is 17.5 Å². The lowest BCUT2D eigenvalue weighted by Gasteiger charge is -2.36. The predicted molar refractivity (Wildman–Crippen MR) is 78.5 cm³/mol. The molecule has 19 heavy (non-hydrogen) atoms. The van der Waals surface area contributed by atoms with Crippen molar-refractivity contribution < 1.29 is 4.79 Å². The van der Waals surface area contributed by atoms with E-state index in [1.165, 1.54) is 5.56 Å². The number of rotatable bonds is 5. The van der Waals surface area contributed by atoms with E-state index in [1.54, 1.807) is 0 Å². The number of benzene rings is 1. The Kier molecular flexibility index (Phi) is 4.83. The fraction of sp³-hybridized carbons (Fsp3) is 0.533. The Hall–Kier alpha value is -1.06. The molecule has 2 N–H and O–H groups in total. The lowest BCUT2D eigenvalue weighted by atomic mass is 9.76. The van der Waals surface area contributed by atoms with Crippen molar-refractivity contribution in [3.63, 3.8) is 0 Å². The summed E-state index contributed by atoms with van der Waals surface area (Å²) >= 11 is 5.99. The van der Waals surface area contributed by atoms with Crippen LogP contribution in [-0.4, -0.2) is 24.5 Å². The van der Waals surface area contributed by atoms with Gasteiger partial charge in [-0.25, -0.2) is 0 Å². The van der Waals surface area contributed by atoms with E-state index in [9.17, 15) is 4.79 Å². The van der Waals surface area contributed by atoms with Gasteiger partial charge in [-0.2, -0.15) is 0 Å². The number of carbonyl (C=O) groups excluding carboxylic acids is 1. The highest BCUT2D eigenvalue weighted by Crippen LogP contribution is 2.37. The van der Waals surface area contributed by atoms with Gasteiger partial charge in [-0.15, -0.1) is 0 Å². The maximum atomic E-state index is 11.5. The van der Waals surface area contributed by atoms with Gasteiger partial charge >= 0.3 is 0 Å². The van der Waals surface area contributed by atoms with E-state index in [0.717, 1.165) is 17.9 Å². The summed E-state index contributed by atoms with van der Waals surface area (Å²) in [7, 11) is 0. The second kappa shape index (κ2) is 6.40. The third-order valence-corrected chi connectivity index (χ3v) is 3.69. The molecule has 1 aromatic carbocycles. The normalized spacial score (nSPS) is 22.1. The first-order valence-electron chi connectivity index (χ1n) is 6.83. The smallest absolute Gasteiger partial charge is 0.234 e. The maximum absolute atomic E-state index is 11.5. The molecule has 2 rings (SSSR count). The Morgan fingerprint density at radius 2 is 2.16 bits per heavy atom. The first kappa shape index (κ1) is 14.4. The number of hydrogen-bond donors (Lipinski definition) is 2. The molecule has 3 nitrogen and oxygen atoms in total. The molecule has 0 unspecified atom stereocenters. The van der Waals surface area contributed by atoms with Crippen LogP contribution in [0, 0.1) is 0 Å². The van der Waals surface area contributed by atoms with Crippen LogP contribution in [-0.2, 0) is 4.79 Å². The van der Waals surface area contributed by atoms with Crippen molar-refractivity contribution in [1.82, 2.24) is 10.6 Å². The summed E-state index contributed by atoms with van der Waals surface area (Å²) in [6, 6.07) is 8.70. The van der Waals surface area contributed by atoms with Gasteiger partial charge in [0.1, 0.15) is 0 Å². The highest BCUT2D eigenvalue weighted by molar-refractivity contribution is 6.30. The second-order valence-corrected chi connectivity index (χ2v) is 5.96. The summed E-state index contributed by atoms with van der Waals surface area (Å²) in [6.07, 6.45) is 2.16. The molecule has 0 radical (unpaired) electrons. The molecule has 0 aromatic heterocycles. The molecule has 1 amide bonds. The zero-order valence-electron chi connectivity index (χ0n) is 11.4. The Bertz CT molecular complexity index is 442. The van der Waals surface area contributed by atoms with Gasteiger partial charge in [0.05, 0.1) is 6.54 Å². The van der Waals surface area contributed by atoms with Crippen molar-refractivity contribution in [1.29, 1.82) is 0 Å². The largest absolute Gasteiger partial charge is 0.353 e. The Morgan fingerprint density at radius 3 is 2.79 bits per heavy atom. The lowest BCUT2D eigenvalue weighted by Crippen LogP contribution is -2.46. The molecule has 1 aromatic rings. The molecule has 104 valence electrons. The standard InChI is InChI=1S/C15H21ClN2O/c1-10(2)18-15(19)9-17-14-7-12(8-14)11-4-3-5-13(16)6-11/h3-6,10,12,14,17H,7-9H2,1-2H3,(H,18,19). The van der Waals surface area contributed by atoms with Gasteiger partial charge in [-0.3, -0.25) is 4.79 Å². The molecular formula is C15H21ClN2O. The molecule has 1 fully saturated rings. The minimum absolute atomic E-state index is 0.0706. The zero-order chi connectivity index (χ0) is 13.8. The summed E-state index contributed by atoms with van der Waals surface area (Å²) in [5.41, 5.74) is 1.30. The summed E-state index contributed by atoms with van der Waals surface area (Å²) in [5.74, 6) is 0.644. The third-order valence-electron chi connectivity index (χ3n) is 3.46. The van der Waals surface area contributed by atoms with E-state index in [4.69, 9.17) is 11.6 Å². The molecule has 0 atom stereocenters. The molecule has 1 saturated carbocycles. The number of amides is 1. The van der Waals surface area contributed by atoms with E-state index < -0.39 is 0 Å². The number of carbonyl (C=O) groups is 1. The van der Waals surface area contributed by atoms with Gasteiger partial charge < -0.3 is 10.6 Å². The minimum Gasteiger partial charge on any atom is -0.353 e. The summed E-state index contributed by atoms with van der Waals surface area (Å²) in [6.45, 7) is 4.35. The van der Waals surface area contributed by atoms with Crippen LogP contribution in [0.15, 0.2) is 24.3 Å². The number of nitrogens with one attached hydrogen (secondary N) is 2. The van der Waals surface area contributed by atoms with Gasteiger partial charge in [0.15, 0.2) is 0 Å². The Morgan fingerprint density at radius 1 is 1.42 bits per heavy atom. The fourth-order valence-corrected chi connectivity index (χ4v) is 2.63. The molecule has 0 aliphatic heterocycles. The van der Waals surface area contributed by atoms with Crippen LogP contribution in [0.5, 0.6) is 0 Å². The Balaban J connectivity index is 1.70. The summed E-state index contributed by atoms with van der Waals surface area (Å²) in [4.78, 5) is 11.5. The topological polar surface area (TPSA) is 41.1 Å². The van der Waals surface area contributed by atoms with Crippen LogP contribution in [0.4, 0.5) is 0 Å². The van der Waals surface area contributed by atoms with Crippen LogP contribution in [0.25, 0.3) is 0 Å². The summed E-state index contributed by atoms with van der Waals surface area (Å²) < 4.78 is 0. The molecule has 0 heterocycles. The first-order valence-corrected chi connectivity index (χ1v) is 7.20. The van der Waals surface area contributed by atoms with Crippen molar-refractivity contribution in [2.24, 2.45) is 0 Å². The molecule has 1 aliphatic rings. The quantitative estimate of drug-likeness (QED) is 0.871. The highest BCUT2D eigenvalue weighted by atomic mass is 35.5. The van der Waals surface area contributed by atoms with Crippen molar-refractivity contribution in [3.05, 3.63) is 34.9 Å². The van der Waals surface area contributed by atoms with Crippen molar-refractivity contribution in [2.75, 3.05) is 6.54 Å². The van der Waals surface area contributed by atoms with Crippen molar-refractivity contribution in [2.45, 2.75) is 44.7 Å². The average Bonchev–Trinajstić information content (AvgIpc) is 2.25. The van der Waals surface area contributed by atoms with Gasteiger partial charge in [0.2, 0.25) is 5.91 Å². The molecule has 0 bridgehead atoms. The summed E-state index contributed by atoms with van der Waals surface area (Å²) in [5, 5.41) is 6.97. The average molecular weight is 281 g/mol. The molecule has 1 aliphatic carbocycles. The predicted octanol–water partition coefficient (Wildman–Crippen LogP) is 2.70. The van der Waals surface area contributed by atoms with E-state index in [2.05, 4.69) is 16.7 Å². The van der Waals surface area contributed by atoms with Gasteiger partial charge in [0, 0.05) is 17.1 Å². The van der Waals surface area contributed by atoms with Gasteiger partial charge in [-0.05, 0) is 50.3 Å². The Labute approximate surface area is 119 Å². The van der Waals surface area contributed by atoms with Crippen LogP contribution >= 0.6 is 11.6 Å². The number of halogens is 1. The number of hydrogen-bond acceptors (Lipinski definition) is 2. The molecule has 4 heteroatoms. The molecule has 0 saturated heterocycles. The fourth-order valence-electron chi connectivity index (χ4n) is 2.43. The van der Waals surface area contributed by atoms with Crippen LogP contribution in [0.2, 0.25) is 5.02 Å². The van der Waals surface area contributed by atoms with Gasteiger partial charge in [0.25, 0.3) is 0 Å². The van der Waals surface area contributed by atoms with Crippen LogP contribution in [0.1, 0.15) is 38.2 Å². The van der Waals surface area contributed by atoms with Crippen LogP contribution in [0.3, 0.4) is 0 Å². The second-order valence-electron chi connectivity index (χ2n) is 5.52. The SMILES string of the molecule is CC(C)NC(=O)CNC1CC(c2cccc(Cl)c2)C1. The van der Waals surface area contributed by atoms with Crippen LogP contribution < -0.4 is 10.6 Å².